The van der Waals surface area contributed by atoms with Crippen LogP contribution in [0.15, 0.2) is 58.4 Å². The summed E-state index contributed by atoms with van der Waals surface area (Å²) < 4.78 is 32.4. The topological polar surface area (TPSA) is 135 Å². The largest absolute Gasteiger partial charge is 1.00 e. The summed E-state index contributed by atoms with van der Waals surface area (Å²) >= 11 is 4.81. The molecule has 0 aliphatic heterocycles. The molecular weight excluding hydrogens is 387 g/mol. The number of imidazole rings is 1. The quantitative estimate of drug-likeness (QED) is 0.215. The van der Waals surface area contributed by atoms with E-state index in [9.17, 15) is 17.8 Å². The van der Waals surface area contributed by atoms with Crippen LogP contribution in [0, 0.1) is 4.77 Å². The van der Waals surface area contributed by atoms with Crippen LogP contribution in [0.25, 0.3) is 21.9 Å². The molecule has 0 saturated heterocycles. The van der Waals surface area contributed by atoms with E-state index in [1.807, 2.05) is 24.3 Å². The van der Waals surface area contributed by atoms with E-state index >= 15 is 0 Å². The Hall–Kier alpha value is -1.82. The summed E-state index contributed by atoms with van der Waals surface area (Å²) in [5.41, 5.74) is 1.70. The Labute approximate surface area is 174 Å². The molecule has 0 amide bonds. The van der Waals surface area contributed by atoms with Crippen LogP contribution < -0.4 is 35.2 Å². The maximum atomic E-state index is 10.7. The fourth-order valence-electron chi connectivity index (χ4n) is 2.17. The van der Waals surface area contributed by atoms with Crippen LogP contribution in [-0.4, -0.2) is 32.9 Å². The van der Waals surface area contributed by atoms with Gasteiger partial charge in [0.1, 0.15) is 10.1 Å². The smallest absolute Gasteiger partial charge is 0.744 e. The molecule has 26 heavy (non-hydrogen) atoms. The zero-order valence-corrected chi connectivity index (χ0v) is 17.1. The van der Waals surface area contributed by atoms with Crippen molar-refractivity contribution < 1.29 is 42.5 Å². The third kappa shape index (κ3) is 4.87. The third-order valence-corrected chi connectivity index (χ3v) is 4.33. The fourth-order valence-corrected chi connectivity index (χ4v) is 2.88. The number of para-hydroxylation sites is 1. The summed E-state index contributed by atoms with van der Waals surface area (Å²) in [6.45, 7) is 0. The number of H-pyrrole nitrogens is 3. The molecular formula is C15H11N4NaO4S2. The molecule has 4 aromatic rings. The van der Waals surface area contributed by atoms with Crippen molar-refractivity contribution in [2.75, 3.05) is 0 Å². The van der Waals surface area contributed by atoms with Gasteiger partial charge in [-0.3, -0.25) is 0 Å². The molecule has 0 aliphatic carbocycles. The number of nitrogens with zero attached hydrogens (tertiary/aromatic N) is 1. The number of aromatic nitrogens is 4. The summed E-state index contributed by atoms with van der Waals surface area (Å²) in [5.74, 6) is 0. The molecule has 2 heterocycles. The maximum absolute atomic E-state index is 10.7. The molecule has 0 spiro atoms. The van der Waals surface area contributed by atoms with E-state index in [4.69, 9.17) is 12.2 Å². The predicted octanol–water partition coefficient (Wildman–Crippen LogP) is -0.943. The van der Waals surface area contributed by atoms with Crippen molar-refractivity contribution in [3.63, 3.8) is 0 Å². The SMILES string of the molecule is O=S(=O)([O-])c1ccc2[nH]c(=S)[nH]c2c1.O=c1ncc2ccccc2[nH]1.[Na+]. The second-order valence-corrected chi connectivity index (χ2v) is 6.80. The fraction of sp³-hybridized carbons (Fsp3) is 0. The van der Waals surface area contributed by atoms with Crippen LogP contribution in [0.4, 0.5) is 0 Å². The first kappa shape index (κ1) is 20.5. The van der Waals surface area contributed by atoms with E-state index < -0.39 is 10.1 Å². The van der Waals surface area contributed by atoms with Crippen molar-refractivity contribution >= 4 is 44.3 Å². The average Bonchev–Trinajstić information content (AvgIpc) is 2.93. The van der Waals surface area contributed by atoms with Gasteiger partial charge < -0.3 is 19.5 Å². The Balaban J connectivity index is 0.000000184. The van der Waals surface area contributed by atoms with Crippen LogP contribution in [0.2, 0.25) is 0 Å². The molecule has 0 unspecified atom stereocenters. The van der Waals surface area contributed by atoms with E-state index in [0.717, 1.165) is 10.9 Å². The minimum Gasteiger partial charge on any atom is -0.744 e. The minimum absolute atomic E-state index is 0. The Morgan fingerprint density at radius 1 is 0.962 bits per heavy atom. The molecule has 0 fully saturated rings. The second-order valence-electron chi connectivity index (χ2n) is 5.02. The van der Waals surface area contributed by atoms with Gasteiger partial charge in [-0.1, -0.05) is 18.2 Å². The summed E-state index contributed by atoms with van der Waals surface area (Å²) in [5, 5.41) is 0.951. The van der Waals surface area contributed by atoms with E-state index in [1.165, 1.54) is 18.2 Å². The Morgan fingerprint density at radius 3 is 2.38 bits per heavy atom. The zero-order chi connectivity index (χ0) is 18.0. The summed E-state index contributed by atoms with van der Waals surface area (Å²) in [7, 11) is -4.40. The van der Waals surface area contributed by atoms with Gasteiger partial charge in [-0.15, -0.1) is 0 Å². The molecule has 8 nitrogen and oxygen atoms in total. The van der Waals surface area contributed by atoms with Crippen molar-refractivity contribution in [2.24, 2.45) is 0 Å². The van der Waals surface area contributed by atoms with Crippen molar-refractivity contribution in [1.29, 1.82) is 0 Å². The van der Waals surface area contributed by atoms with Crippen LogP contribution >= 0.6 is 12.2 Å². The molecule has 4 rings (SSSR count). The number of aromatic amines is 3. The van der Waals surface area contributed by atoms with Crippen LogP contribution in [0.3, 0.4) is 0 Å². The molecule has 128 valence electrons. The van der Waals surface area contributed by atoms with Gasteiger partial charge in [0.2, 0.25) is 0 Å². The van der Waals surface area contributed by atoms with Crippen LogP contribution in [0.5, 0.6) is 0 Å². The van der Waals surface area contributed by atoms with Gasteiger partial charge in [0, 0.05) is 11.6 Å². The molecule has 0 radical (unpaired) electrons. The monoisotopic (exact) mass is 398 g/mol. The summed E-state index contributed by atoms with van der Waals surface area (Å²) in [6, 6.07) is 11.5. The number of hydrogen-bond donors (Lipinski definition) is 3. The molecule has 3 N–H and O–H groups in total. The average molecular weight is 398 g/mol. The first-order valence-electron chi connectivity index (χ1n) is 6.95. The number of benzene rings is 2. The van der Waals surface area contributed by atoms with Crippen molar-refractivity contribution in [3.05, 3.63) is 63.9 Å². The normalized spacial score (nSPS) is 10.8. The van der Waals surface area contributed by atoms with E-state index in [-0.39, 0.29) is 40.1 Å². The third-order valence-electron chi connectivity index (χ3n) is 3.30. The number of hydrogen-bond acceptors (Lipinski definition) is 6. The second kappa shape index (κ2) is 8.25. The van der Waals surface area contributed by atoms with Gasteiger partial charge in [0.05, 0.1) is 21.4 Å². The molecule has 0 bridgehead atoms. The van der Waals surface area contributed by atoms with Gasteiger partial charge >= 0.3 is 35.2 Å². The molecule has 2 aromatic heterocycles. The zero-order valence-electron chi connectivity index (χ0n) is 13.5. The molecule has 11 heteroatoms. The molecule has 0 aliphatic rings. The number of nitrogens with one attached hydrogen (secondary N) is 3. The van der Waals surface area contributed by atoms with Crippen LogP contribution in [-0.2, 0) is 10.1 Å². The molecule has 2 aromatic carbocycles. The van der Waals surface area contributed by atoms with Gasteiger partial charge in [-0.2, -0.15) is 0 Å². The maximum Gasteiger partial charge on any atom is 1.00 e. The summed E-state index contributed by atoms with van der Waals surface area (Å²) in [4.78, 5) is 22.2. The Kier molecular flexibility index (Phi) is 6.50. The summed E-state index contributed by atoms with van der Waals surface area (Å²) in [6.07, 6.45) is 1.56. The predicted molar refractivity (Wildman–Crippen MR) is 93.8 cm³/mol. The Morgan fingerprint density at radius 2 is 1.65 bits per heavy atom. The molecule has 0 saturated carbocycles. The van der Waals surface area contributed by atoms with E-state index in [0.29, 0.717) is 15.8 Å². The van der Waals surface area contributed by atoms with Crippen molar-refractivity contribution in [1.82, 2.24) is 19.9 Å². The first-order valence-corrected chi connectivity index (χ1v) is 8.76. The van der Waals surface area contributed by atoms with E-state index in [1.54, 1.807) is 6.20 Å². The van der Waals surface area contributed by atoms with E-state index in [2.05, 4.69) is 19.9 Å². The van der Waals surface area contributed by atoms with Crippen molar-refractivity contribution in [3.8, 4) is 0 Å². The number of fused-ring (bicyclic) bond motifs is 2. The van der Waals surface area contributed by atoms with Gasteiger partial charge in [-0.25, -0.2) is 18.2 Å². The van der Waals surface area contributed by atoms with Gasteiger partial charge in [-0.05, 0) is 36.5 Å². The number of rotatable bonds is 1. The first-order chi connectivity index (χ1) is 11.8. The molecule has 0 atom stereocenters. The van der Waals surface area contributed by atoms with Crippen molar-refractivity contribution in [2.45, 2.75) is 4.90 Å². The standard InChI is InChI=1S/C8H6N2O.C7H6N2O3S2.Na/c11-8-9-5-6-3-1-2-4-7(6)10-8;10-14(11,12)4-1-2-5-6(3-4)9-7(13)8-5;/h1-5H,(H,9,10,11);1-3H,(H2,8,9,13)(H,10,11,12);/q;;+1/p-1. The van der Waals surface area contributed by atoms with Gasteiger partial charge in [0.15, 0.2) is 4.77 Å². The van der Waals surface area contributed by atoms with Crippen LogP contribution in [0.1, 0.15) is 0 Å². The van der Waals surface area contributed by atoms with Gasteiger partial charge in [0.25, 0.3) is 0 Å². The minimum atomic E-state index is -4.40. The Bertz CT molecular complexity index is 1280.